The summed E-state index contributed by atoms with van der Waals surface area (Å²) >= 11 is 0. The van der Waals surface area contributed by atoms with Crippen molar-refractivity contribution in [3.05, 3.63) is 0 Å². The summed E-state index contributed by atoms with van der Waals surface area (Å²) in [5.74, 6) is 1.40. The quantitative estimate of drug-likeness (QED) is 0.514. The average molecular weight is 183 g/mol. The molecule has 3 N–H and O–H groups in total. The van der Waals surface area contributed by atoms with Crippen LogP contribution in [0.25, 0.3) is 0 Å². The van der Waals surface area contributed by atoms with E-state index in [9.17, 15) is 0 Å². The molecule has 0 radical (unpaired) electrons. The Bertz CT molecular complexity index is 171. The SMILES string of the molecule is CCN=C(N)N[C@@H](C)C1CCCC1. The van der Waals surface area contributed by atoms with Crippen molar-refractivity contribution in [2.24, 2.45) is 16.6 Å². The van der Waals surface area contributed by atoms with Crippen LogP contribution in [0.2, 0.25) is 0 Å². The van der Waals surface area contributed by atoms with Crippen LogP contribution in [0.1, 0.15) is 39.5 Å². The van der Waals surface area contributed by atoms with Gasteiger partial charge in [-0.15, -0.1) is 0 Å². The van der Waals surface area contributed by atoms with Crippen LogP contribution in [-0.4, -0.2) is 18.5 Å². The second kappa shape index (κ2) is 5.10. The van der Waals surface area contributed by atoms with E-state index in [-0.39, 0.29) is 0 Å². The first-order valence-electron chi connectivity index (χ1n) is 5.30. The molecule has 0 aromatic rings. The van der Waals surface area contributed by atoms with E-state index in [1.165, 1.54) is 25.7 Å². The first-order valence-corrected chi connectivity index (χ1v) is 5.30. The van der Waals surface area contributed by atoms with Gasteiger partial charge in [-0.25, -0.2) is 0 Å². The van der Waals surface area contributed by atoms with Gasteiger partial charge in [0.05, 0.1) is 0 Å². The van der Waals surface area contributed by atoms with Crippen LogP contribution < -0.4 is 11.1 Å². The zero-order valence-corrected chi connectivity index (χ0v) is 8.71. The summed E-state index contributed by atoms with van der Waals surface area (Å²) in [7, 11) is 0. The smallest absolute Gasteiger partial charge is 0.188 e. The molecular weight excluding hydrogens is 162 g/mol. The van der Waals surface area contributed by atoms with Crippen molar-refractivity contribution in [1.82, 2.24) is 5.32 Å². The molecule has 0 aliphatic heterocycles. The van der Waals surface area contributed by atoms with Crippen molar-refractivity contribution < 1.29 is 0 Å². The summed E-state index contributed by atoms with van der Waals surface area (Å²) in [6.07, 6.45) is 5.43. The highest BCUT2D eigenvalue weighted by atomic mass is 15.1. The maximum atomic E-state index is 5.69. The molecule has 0 aromatic carbocycles. The Morgan fingerprint density at radius 1 is 1.54 bits per heavy atom. The maximum absolute atomic E-state index is 5.69. The van der Waals surface area contributed by atoms with E-state index >= 15 is 0 Å². The Morgan fingerprint density at radius 3 is 2.69 bits per heavy atom. The van der Waals surface area contributed by atoms with Gasteiger partial charge in [-0.2, -0.15) is 0 Å². The third kappa shape index (κ3) is 3.25. The van der Waals surface area contributed by atoms with Crippen molar-refractivity contribution in [3.8, 4) is 0 Å². The lowest BCUT2D eigenvalue weighted by Crippen LogP contribution is -2.41. The van der Waals surface area contributed by atoms with Crippen LogP contribution in [0.5, 0.6) is 0 Å². The van der Waals surface area contributed by atoms with Crippen molar-refractivity contribution >= 4 is 5.96 Å². The van der Waals surface area contributed by atoms with Gasteiger partial charge in [-0.1, -0.05) is 12.8 Å². The van der Waals surface area contributed by atoms with E-state index in [2.05, 4.69) is 17.2 Å². The topological polar surface area (TPSA) is 50.4 Å². The third-order valence-corrected chi connectivity index (χ3v) is 2.81. The van der Waals surface area contributed by atoms with E-state index in [0.717, 1.165) is 12.5 Å². The maximum Gasteiger partial charge on any atom is 0.188 e. The van der Waals surface area contributed by atoms with Gasteiger partial charge in [0.15, 0.2) is 5.96 Å². The summed E-state index contributed by atoms with van der Waals surface area (Å²) in [5.41, 5.74) is 5.69. The van der Waals surface area contributed by atoms with Gasteiger partial charge < -0.3 is 11.1 Å². The van der Waals surface area contributed by atoms with Crippen molar-refractivity contribution in [2.75, 3.05) is 6.54 Å². The van der Waals surface area contributed by atoms with Gasteiger partial charge in [-0.3, -0.25) is 4.99 Å². The molecule has 1 fully saturated rings. The number of guanidine groups is 1. The van der Waals surface area contributed by atoms with Gasteiger partial charge in [0, 0.05) is 12.6 Å². The van der Waals surface area contributed by atoms with E-state index < -0.39 is 0 Å². The van der Waals surface area contributed by atoms with Crippen LogP contribution >= 0.6 is 0 Å². The Kier molecular flexibility index (Phi) is 4.06. The summed E-state index contributed by atoms with van der Waals surface area (Å²) in [6, 6.07) is 0.484. The van der Waals surface area contributed by atoms with Gasteiger partial charge in [-0.05, 0) is 32.6 Å². The fraction of sp³-hybridized carbons (Fsp3) is 0.900. The molecule has 0 bridgehead atoms. The Balaban J connectivity index is 2.30. The Morgan fingerprint density at radius 2 is 2.15 bits per heavy atom. The zero-order valence-electron chi connectivity index (χ0n) is 8.71. The monoisotopic (exact) mass is 183 g/mol. The van der Waals surface area contributed by atoms with E-state index in [4.69, 9.17) is 5.73 Å². The zero-order chi connectivity index (χ0) is 9.68. The number of nitrogens with zero attached hydrogens (tertiary/aromatic N) is 1. The minimum absolute atomic E-state index is 0.484. The first kappa shape index (κ1) is 10.4. The highest BCUT2D eigenvalue weighted by Crippen LogP contribution is 2.27. The van der Waals surface area contributed by atoms with Crippen LogP contribution in [0, 0.1) is 5.92 Å². The highest BCUT2D eigenvalue weighted by Gasteiger charge is 2.21. The molecule has 0 spiro atoms. The van der Waals surface area contributed by atoms with E-state index in [0.29, 0.717) is 12.0 Å². The predicted molar refractivity (Wildman–Crippen MR) is 56.7 cm³/mol. The minimum atomic E-state index is 0.484. The van der Waals surface area contributed by atoms with Crippen LogP contribution in [-0.2, 0) is 0 Å². The molecule has 3 nitrogen and oxygen atoms in total. The largest absolute Gasteiger partial charge is 0.370 e. The predicted octanol–water partition coefficient (Wildman–Crippen LogP) is 1.49. The summed E-state index contributed by atoms with van der Waals surface area (Å²) in [6.45, 7) is 4.96. The average Bonchev–Trinajstić information content (AvgIpc) is 2.55. The van der Waals surface area contributed by atoms with Crippen molar-refractivity contribution in [2.45, 2.75) is 45.6 Å². The van der Waals surface area contributed by atoms with Crippen LogP contribution in [0.4, 0.5) is 0 Å². The summed E-state index contributed by atoms with van der Waals surface area (Å²) in [4.78, 5) is 4.12. The fourth-order valence-electron chi connectivity index (χ4n) is 2.02. The number of aliphatic imine (C=N–C) groups is 1. The number of nitrogens with two attached hydrogens (primary N) is 1. The lowest BCUT2D eigenvalue weighted by Gasteiger charge is -2.20. The molecule has 0 unspecified atom stereocenters. The number of nitrogens with one attached hydrogen (secondary N) is 1. The van der Waals surface area contributed by atoms with Crippen LogP contribution in [0.15, 0.2) is 4.99 Å². The third-order valence-electron chi connectivity index (χ3n) is 2.81. The van der Waals surface area contributed by atoms with E-state index in [1.807, 2.05) is 6.92 Å². The molecular formula is C10H21N3. The van der Waals surface area contributed by atoms with Crippen molar-refractivity contribution in [1.29, 1.82) is 0 Å². The second-order valence-corrected chi connectivity index (χ2v) is 3.84. The molecule has 1 saturated carbocycles. The summed E-state index contributed by atoms with van der Waals surface area (Å²) < 4.78 is 0. The molecule has 0 saturated heterocycles. The molecule has 3 heteroatoms. The first-order chi connectivity index (χ1) is 6.24. The molecule has 0 aromatic heterocycles. The van der Waals surface area contributed by atoms with E-state index in [1.54, 1.807) is 0 Å². The van der Waals surface area contributed by atoms with Crippen molar-refractivity contribution in [3.63, 3.8) is 0 Å². The molecule has 1 aliphatic rings. The molecule has 76 valence electrons. The van der Waals surface area contributed by atoms with Gasteiger partial charge >= 0.3 is 0 Å². The molecule has 1 aliphatic carbocycles. The number of hydrogen-bond acceptors (Lipinski definition) is 1. The lowest BCUT2D eigenvalue weighted by atomic mass is 10.0. The van der Waals surface area contributed by atoms with Gasteiger partial charge in [0.25, 0.3) is 0 Å². The normalized spacial score (nSPS) is 21.8. The van der Waals surface area contributed by atoms with Gasteiger partial charge in [0.2, 0.25) is 0 Å². The highest BCUT2D eigenvalue weighted by molar-refractivity contribution is 5.78. The number of hydrogen-bond donors (Lipinski definition) is 2. The minimum Gasteiger partial charge on any atom is -0.370 e. The molecule has 1 rings (SSSR count). The summed E-state index contributed by atoms with van der Waals surface area (Å²) in [5, 5.41) is 3.25. The molecule has 0 heterocycles. The van der Waals surface area contributed by atoms with Gasteiger partial charge in [0.1, 0.15) is 0 Å². The standard InChI is InChI=1S/C10H21N3/c1-3-12-10(11)13-8(2)9-6-4-5-7-9/h8-9H,3-7H2,1-2H3,(H3,11,12,13)/t8-/m0/s1. The van der Waals surface area contributed by atoms with Crippen LogP contribution in [0.3, 0.4) is 0 Å². The number of rotatable bonds is 3. The Labute approximate surface area is 80.8 Å². The molecule has 13 heavy (non-hydrogen) atoms. The second-order valence-electron chi connectivity index (χ2n) is 3.84. The fourth-order valence-corrected chi connectivity index (χ4v) is 2.02. The Hall–Kier alpha value is -0.730. The lowest BCUT2D eigenvalue weighted by molar-refractivity contribution is 0.425. The molecule has 1 atom stereocenters. The molecule has 0 amide bonds.